The van der Waals surface area contributed by atoms with Gasteiger partial charge in [-0.2, -0.15) is 0 Å². The number of carbonyl (C=O) groups excluding carboxylic acids is 1. The average molecular weight is 417 g/mol. The van der Waals surface area contributed by atoms with E-state index in [0.717, 1.165) is 30.1 Å². The van der Waals surface area contributed by atoms with Gasteiger partial charge in [0.05, 0.1) is 4.92 Å². The zero-order chi connectivity index (χ0) is 21.6. The van der Waals surface area contributed by atoms with E-state index in [0.29, 0.717) is 25.3 Å². The van der Waals surface area contributed by atoms with E-state index in [9.17, 15) is 14.9 Å². The third-order valence-electron chi connectivity index (χ3n) is 5.34. The summed E-state index contributed by atoms with van der Waals surface area (Å²) in [5.41, 5.74) is 2.67. The van der Waals surface area contributed by atoms with Crippen molar-refractivity contribution in [1.82, 2.24) is 4.90 Å². The standard InChI is InChI=1S/C24H23N3O4/c28-24(20-6-8-22(9-7-20)27(29)30)26-16-14-25(15-17-26)21-10-12-23(13-11-21)31-18-19-4-2-1-3-5-19/h1-13H,14-18H2. The Morgan fingerprint density at radius 3 is 2.13 bits per heavy atom. The summed E-state index contributed by atoms with van der Waals surface area (Å²) in [6.45, 7) is 3.18. The maximum Gasteiger partial charge on any atom is 0.269 e. The van der Waals surface area contributed by atoms with E-state index in [1.165, 1.54) is 24.3 Å². The van der Waals surface area contributed by atoms with Gasteiger partial charge in [0.2, 0.25) is 0 Å². The highest BCUT2D eigenvalue weighted by atomic mass is 16.6. The van der Waals surface area contributed by atoms with Gasteiger partial charge in [-0.25, -0.2) is 0 Å². The van der Waals surface area contributed by atoms with Crippen molar-refractivity contribution < 1.29 is 14.5 Å². The van der Waals surface area contributed by atoms with Gasteiger partial charge in [-0.1, -0.05) is 30.3 Å². The number of rotatable bonds is 6. The van der Waals surface area contributed by atoms with Crippen LogP contribution in [0.2, 0.25) is 0 Å². The summed E-state index contributed by atoms with van der Waals surface area (Å²) in [5, 5.41) is 10.8. The first-order valence-electron chi connectivity index (χ1n) is 10.2. The molecule has 3 aromatic rings. The molecule has 158 valence electrons. The minimum atomic E-state index is -0.467. The van der Waals surface area contributed by atoms with Gasteiger partial charge in [0.15, 0.2) is 0 Å². The molecule has 7 heteroatoms. The largest absolute Gasteiger partial charge is 0.489 e. The third-order valence-corrected chi connectivity index (χ3v) is 5.34. The number of hydrogen-bond acceptors (Lipinski definition) is 5. The van der Waals surface area contributed by atoms with Crippen molar-refractivity contribution in [3.8, 4) is 5.75 Å². The van der Waals surface area contributed by atoms with Gasteiger partial charge in [-0.15, -0.1) is 0 Å². The lowest BCUT2D eigenvalue weighted by Gasteiger charge is -2.36. The lowest BCUT2D eigenvalue weighted by atomic mass is 10.1. The van der Waals surface area contributed by atoms with Gasteiger partial charge in [0.25, 0.3) is 11.6 Å². The summed E-state index contributed by atoms with van der Waals surface area (Å²) in [6.07, 6.45) is 0. The summed E-state index contributed by atoms with van der Waals surface area (Å²) < 4.78 is 5.84. The Kier molecular flexibility index (Phi) is 6.12. The van der Waals surface area contributed by atoms with Crippen LogP contribution >= 0.6 is 0 Å². The summed E-state index contributed by atoms with van der Waals surface area (Å²) in [6, 6.07) is 23.8. The Morgan fingerprint density at radius 2 is 1.52 bits per heavy atom. The minimum absolute atomic E-state index is 0.0161. The molecule has 1 aliphatic heterocycles. The number of nitro groups is 1. The molecule has 7 nitrogen and oxygen atoms in total. The van der Waals surface area contributed by atoms with Crippen LogP contribution in [-0.4, -0.2) is 41.9 Å². The van der Waals surface area contributed by atoms with Gasteiger partial charge in [-0.05, 0) is 42.0 Å². The molecule has 1 heterocycles. The number of benzene rings is 3. The number of non-ortho nitro benzene ring substituents is 1. The maximum atomic E-state index is 12.7. The van der Waals surface area contributed by atoms with Gasteiger partial charge in [0, 0.05) is 49.6 Å². The Hall–Kier alpha value is -3.87. The quantitative estimate of drug-likeness (QED) is 0.445. The molecule has 1 aliphatic rings. The third kappa shape index (κ3) is 5.01. The highest BCUT2D eigenvalue weighted by Gasteiger charge is 2.22. The SMILES string of the molecule is O=C(c1ccc([N+](=O)[O-])cc1)N1CCN(c2ccc(OCc3ccccc3)cc2)CC1. The molecular formula is C24H23N3O4. The first kappa shape index (κ1) is 20.4. The second kappa shape index (κ2) is 9.30. The van der Waals surface area contributed by atoms with Gasteiger partial charge in [0.1, 0.15) is 12.4 Å². The number of amides is 1. The summed E-state index contributed by atoms with van der Waals surface area (Å²) in [7, 11) is 0. The molecule has 0 saturated carbocycles. The van der Waals surface area contributed by atoms with Crippen LogP contribution < -0.4 is 9.64 Å². The van der Waals surface area contributed by atoms with Crippen LogP contribution in [0.25, 0.3) is 0 Å². The van der Waals surface area contributed by atoms with E-state index in [1.807, 2.05) is 54.6 Å². The molecule has 3 aromatic carbocycles. The van der Waals surface area contributed by atoms with Crippen molar-refractivity contribution in [3.63, 3.8) is 0 Å². The highest BCUT2D eigenvalue weighted by Crippen LogP contribution is 2.22. The Bertz CT molecular complexity index is 1030. The number of anilines is 1. The number of nitrogens with zero attached hydrogens (tertiary/aromatic N) is 3. The van der Waals surface area contributed by atoms with E-state index in [4.69, 9.17) is 4.74 Å². The van der Waals surface area contributed by atoms with Crippen molar-refractivity contribution in [2.45, 2.75) is 6.61 Å². The van der Waals surface area contributed by atoms with E-state index < -0.39 is 4.92 Å². The van der Waals surface area contributed by atoms with Crippen molar-refractivity contribution in [2.24, 2.45) is 0 Å². The number of nitro benzene ring substituents is 1. The summed E-state index contributed by atoms with van der Waals surface area (Å²) in [5.74, 6) is 0.721. The van der Waals surface area contributed by atoms with Crippen LogP contribution in [0, 0.1) is 10.1 Å². The molecule has 1 saturated heterocycles. The van der Waals surface area contributed by atoms with E-state index in [1.54, 1.807) is 4.90 Å². The van der Waals surface area contributed by atoms with Crippen LogP contribution in [0.5, 0.6) is 5.75 Å². The topological polar surface area (TPSA) is 75.9 Å². The molecule has 1 fully saturated rings. The molecule has 0 bridgehead atoms. The zero-order valence-electron chi connectivity index (χ0n) is 17.0. The van der Waals surface area contributed by atoms with Crippen molar-refractivity contribution in [1.29, 1.82) is 0 Å². The fourth-order valence-corrected chi connectivity index (χ4v) is 3.57. The van der Waals surface area contributed by atoms with Crippen molar-refractivity contribution >= 4 is 17.3 Å². The fourth-order valence-electron chi connectivity index (χ4n) is 3.57. The molecule has 1 amide bonds. The van der Waals surface area contributed by atoms with Gasteiger partial charge >= 0.3 is 0 Å². The molecule has 0 unspecified atom stereocenters. The first-order valence-corrected chi connectivity index (χ1v) is 10.2. The van der Waals surface area contributed by atoms with Crippen LogP contribution in [0.15, 0.2) is 78.9 Å². The molecule has 31 heavy (non-hydrogen) atoms. The number of carbonyl (C=O) groups is 1. The Balaban J connectivity index is 1.30. The van der Waals surface area contributed by atoms with Crippen molar-refractivity contribution in [3.05, 3.63) is 100 Å². The fraction of sp³-hybridized carbons (Fsp3) is 0.208. The van der Waals surface area contributed by atoms with E-state index in [2.05, 4.69) is 4.90 Å². The normalized spacial score (nSPS) is 13.7. The highest BCUT2D eigenvalue weighted by molar-refractivity contribution is 5.94. The van der Waals surface area contributed by atoms with Crippen LogP contribution in [0.1, 0.15) is 15.9 Å². The van der Waals surface area contributed by atoms with Crippen LogP contribution in [0.3, 0.4) is 0 Å². The molecular weight excluding hydrogens is 394 g/mol. The maximum absolute atomic E-state index is 12.7. The average Bonchev–Trinajstić information content (AvgIpc) is 2.83. The molecule has 0 atom stereocenters. The monoisotopic (exact) mass is 417 g/mol. The summed E-state index contributed by atoms with van der Waals surface area (Å²) in [4.78, 5) is 27.0. The molecule has 0 N–H and O–H groups in total. The first-order chi connectivity index (χ1) is 15.1. The number of ether oxygens (including phenoxy) is 1. The van der Waals surface area contributed by atoms with E-state index in [-0.39, 0.29) is 11.6 Å². The second-order valence-electron chi connectivity index (χ2n) is 7.35. The summed E-state index contributed by atoms with van der Waals surface area (Å²) >= 11 is 0. The molecule has 0 aliphatic carbocycles. The molecule has 0 radical (unpaired) electrons. The predicted molar refractivity (Wildman–Crippen MR) is 118 cm³/mol. The molecule has 4 rings (SSSR count). The minimum Gasteiger partial charge on any atom is -0.489 e. The zero-order valence-corrected chi connectivity index (χ0v) is 17.0. The van der Waals surface area contributed by atoms with Gasteiger partial charge in [-0.3, -0.25) is 14.9 Å². The van der Waals surface area contributed by atoms with E-state index >= 15 is 0 Å². The molecule has 0 aromatic heterocycles. The lowest BCUT2D eigenvalue weighted by molar-refractivity contribution is -0.384. The molecule has 0 spiro atoms. The number of hydrogen-bond donors (Lipinski definition) is 0. The van der Waals surface area contributed by atoms with Gasteiger partial charge < -0.3 is 14.5 Å². The number of piperazine rings is 1. The smallest absolute Gasteiger partial charge is 0.269 e. The van der Waals surface area contributed by atoms with Crippen LogP contribution in [-0.2, 0) is 6.61 Å². The Labute approximate surface area is 180 Å². The Morgan fingerprint density at radius 1 is 0.871 bits per heavy atom. The van der Waals surface area contributed by atoms with Crippen molar-refractivity contribution in [2.75, 3.05) is 31.1 Å². The second-order valence-corrected chi connectivity index (χ2v) is 7.35. The predicted octanol–water partition coefficient (Wildman–Crippen LogP) is 4.14. The van der Waals surface area contributed by atoms with Crippen LogP contribution in [0.4, 0.5) is 11.4 Å². The lowest BCUT2D eigenvalue weighted by Crippen LogP contribution is -2.48.